The summed E-state index contributed by atoms with van der Waals surface area (Å²) in [6.07, 6.45) is 1.61. The molecule has 0 aromatic heterocycles. The van der Waals surface area contributed by atoms with Crippen molar-refractivity contribution in [1.82, 2.24) is 4.90 Å². The number of nitrogens with zero attached hydrogens (tertiary/aromatic N) is 2. The van der Waals surface area contributed by atoms with E-state index in [1.807, 2.05) is 24.3 Å². The molecule has 0 aliphatic carbocycles. The normalized spacial score (nSPS) is 19.6. The summed E-state index contributed by atoms with van der Waals surface area (Å²) in [7, 11) is 0. The number of fused-ring (bicyclic) bond motifs is 1. The third-order valence-corrected chi connectivity index (χ3v) is 4.99. The van der Waals surface area contributed by atoms with Gasteiger partial charge in [0.25, 0.3) is 0 Å². The van der Waals surface area contributed by atoms with Gasteiger partial charge in [0.05, 0.1) is 18.9 Å². The van der Waals surface area contributed by atoms with E-state index in [0.717, 1.165) is 56.3 Å². The van der Waals surface area contributed by atoms with Gasteiger partial charge in [-0.05, 0) is 42.0 Å². The number of anilines is 2. The summed E-state index contributed by atoms with van der Waals surface area (Å²) in [5.41, 5.74) is 3.06. The summed E-state index contributed by atoms with van der Waals surface area (Å²) in [5, 5.41) is 6.10. The van der Waals surface area contributed by atoms with Crippen LogP contribution in [0.2, 0.25) is 0 Å². The second-order valence-electron chi connectivity index (χ2n) is 6.90. The summed E-state index contributed by atoms with van der Waals surface area (Å²) in [4.78, 5) is 18.9. The SMILES string of the molecule is O=C1Nc2cc(F)ccc2C1C=Nc1ccc(NCCN2CCOCC2)cc1. The average Bonchev–Trinajstić information content (AvgIpc) is 3.02. The number of aliphatic imine (C=N–C) groups is 1. The molecule has 28 heavy (non-hydrogen) atoms. The first kappa shape index (κ1) is 18.6. The lowest BCUT2D eigenvalue weighted by Crippen LogP contribution is -2.38. The number of morpholine rings is 1. The Labute approximate surface area is 163 Å². The first-order valence-electron chi connectivity index (χ1n) is 9.47. The van der Waals surface area contributed by atoms with E-state index in [0.29, 0.717) is 5.69 Å². The highest BCUT2D eigenvalue weighted by Gasteiger charge is 2.29. The topological polar surface area (TPSA) is 66.0 Å². The Morgan fingerprint density at radius 1 is 1.21 bits per heavy atom. The van der Waals surface area contributed by atoms with Crippen molar-refractivity contribution in [3.63, 3.8) is 0 Å². The molecule has 1 unspecified atom stereocenters. The van der Waals surface area contributed by atoms with Gasteiger partial charge in [0.2, 0.25) is 5.91 Å². The highest BCUT2D eigenvalue weighted by atomic mass is 19.1. The average molecular weight is 382 g/mol. The molecule has 1 fully saturated rings. The molecular weight excluding hydrogens is 359 g/mol. The molecule has 2 aromatic rings. The number of benzene rings is 2. The van der Waals surface area contributed by atoms with Crippen molar-refractivity contribution in [2.75, 3.05) is 50.0 Å². The molecule has 2 aliphatic heterocycles. The second kappa shape index (κ2) is 8.50. The Morgan fingerprint density at radius 2 is 2.00 bits per heavy atom. The first-order valence-corrected chi connectivity index (χ1v) is 9.47. The van der Waals surface area contributed by atoms with E-state index in [1.165, 1.54) is 12.1 Å². The van der Waals surface area contributed by atoms with Crippen LogP contribution in [0.25, 0.3) is 0 Å². The molecule has 2 heterocycles. The summed E-state index contributed by atoms with van der Waals surface area (Å²) in [6, 6.07) is 12.1. The van der Waals surface area contributed by atoms with Crippen LogP contribution in [0.15, 0.2) is 47.5 Å². The van der Waals surface area contributed by atoms with E-state index in [4.69, 9.17) is 4.74 Å². The number of hydrogen-bond acceptors (Lipinski definition) is 5. The van der Waals surface area contributed by atoms with Crippen LogP contribution in [-0.4, -0.2) is 56.4 Å². The Kier molecular flexibility index (Phi) is 5.64. The van der Waals surface area contributed by atoms with Gasteiger partial charge in [-0.3, -0.25) is 14.7 Å². The highest BCUT2D eigenvalue weighted by Crippen LogP contribution is 2.32. The molecule has 0 radical (unpaired) electrons. The second-order valence-corrected chi connectivity index (χ2v) is 6.90. The predicted molar refractivity (Wildman–Crippen MR) is 108 cm³/mol. The van der Waals surface area contributed by atoms with E-state index in [-0.39, 0.29) is 11.7 Å². The van der Waals surface area contributed by atoms with Crippen LogP contribution in [0, 0.1) is 5.82 Å². The largest absolute Gasteiger partial charge is 0.384 e. The quantitative estimate of drug-likeness (QED) is 0.754. The molecule has 1 atom stereocenters. The van der Waals surface area contributed by atoms with E-state index < -0.39 is 5.92 Å². The maximum atomic E-state index is 13.3. The Balaban J connectivity index is 1.32. The molecule has 1 amide bonds. The van der Waals surface area contributed by atoms with Crippen LogP contribution in [-0.2, 0) is 9.53 Å². The molecule has 2 N–H and O–H groups in total. The van der Waals surface area contributed by atoms with E-state index in [2.05, 4.69) is 20.5 Å². The van der Waals surface area contributed by atoms with Gasteiger partial charge in [-0.2, -0.15) is 0 Å². The lowest BCUT2D eigenvalue weighted by atomic mass is 10.0. The fourth-order valence-corrected chi connectivity index (χ4v) is 3.42. The molecule has 0 bridgehead atoms. The standard InChI is InChI=1S/C21H23FN4O2/c22-15-1-6-18-19(21(27)25-20(18)13-15)14-24-17-4-2-16(3-5-17)23-7-8-26-9-11-28-12-10-26/h1-6,13-14,19,23H,7-12H2,(H,25,27). The first-order chi connectivity index (χ1) is 13.7. The van der Waals surface area contributed by atoms with Gasteiger partial charge >= 0.3 is 0 Å². The maximum Gasteiger partial charge on any atom is 0.237 e. The minimum absolute atomic E-state index is 0.189. The molecule has 2 aliphatic rings. The van der Waals surface area contributed by atoms with Crippen LogP contribution in [0.5, 0.6) is 0 Å². The van der Waals surface area contributed by atoms with E-state index in [1.54, 1.807) is 12.3 Å². The van der Waals surface area contributed by atoms with Gasteiger partial charge in [0, 0.05) is 43.8 Å². The summed E-state index contributed by atoms with van der Waals surface area (Å²) in [6.45, 7) is 5.45. The van der Waals surface area contributed by atoms with Gasteiger partial charge in [-0.1, -0.05) is 6.07 Å². The molecule has 4 rings (SSSR count). The molecule has 6 nitrogen and oxygen atoms in total. The minimum Gasteiger partial charge on any atom is -0.384 e. The Hall–Kier alpha value is -2.77. The third-order valence-electron chi connectivity index (χ3n) is 4.99. The number of amides is 1. The van der Waals surface area contributed by atoms with Gasteiger partial charge in [-0.25, -0.2) is 4.39 Å². The zero-order valence-electron chi connectivity index (χ0n) is 15.5. The van der Waals surface area contributed by atoms with Crippen LogP contribution in [0.4, 0.5) is 21.5 Å². The van der Waals surface area contributed by atoms with Crippen molar-refractivity contribution < 1.29 is 13.9 Å². The van der Waals surface area contributed by atoms with Crippen molar-refractivity contribution in [2.24, 2.45) is 4.99 Å². The van der Waals surface area contributed by atoms with Crippen molar-refractivity contribution in [1.29, 1.82) is 0 Å². The van der Waals surface area contributed by atoms with Crippen molar-refractivity contribution >= 4 is 29.2 Å². The zero-order valence-corrected chi connectivity index (χ0v) is 15.5. The van der Waals surface area contributed by atoms with E-state index in [9.17, 15) is 9.18 Å². The zero-order chi connectivity index (χ0) is 19.3. The Morgan fingerprint density at radius 3 is 2.79 bits per heavy atom. The fourth-order valence-electron chi connectivity index (χ4n) is 3.42. The lowest BCUT2D eigenvalue weighted by Gasteiger charge is -2.26. The lowest BCUT2D eigenvalue weighted by molar-refractivity contribution is -0.115. The summed E-state index contributed by atoms with van der Waals surface area (Å²) >= 11 is 0. The highest BCUT2D eigenvalue weighted by molar-refractivity contribution is 6.12. The van der Waals surface area contributed by atoms with Gasteiger partial charge in [-0.15, -0.1) is 0 Å². The molecule has 1 saturated heterocycles. The Bertz CT molecular complexity index is 863. The summed E-state index contributed by atoms with van der Waals surface area (Å²) < 4.78 is 18.7. The number of carbonyl (C=O) groups excluding carboxylic acids is 1. The minimum atomic E-state index is -0.498. The number of hydrogen-bond donors (Lipinski definition) is 2. The smallest absolute Gasteiger partial charge is 0.237 e. The number of rotatable bonds is 6. The van der Waals surface area contributed by atoms with Gasteiger partial charge in [0.1, 0.15) is 11.7 Å². The molecule has 146 valence electrons. The van der Waals surface area contributed by atoms with Crippen molar-refractivity contribution in [3.8, 4) is 0 Å². The van der Waals surface area contributed by atoms with Crippen molar-refractivity contribution in [3.05, 3.63) is 53.8 Å². The van der Waals surface area contributed by atoms with Crippen LogP contribution < -0.4 is 10.6 Å². The molecular formula is C21H23FN4O2. The number of nitrogens with one attached hydrogen (secondary N) is 2. The molecule has 0 spiro atoms. The predicted octanol–water partition coefficient (Wildman–Crippen LogP) is 3.01. The van der Waals surface area contributed by atoms with E-state index >= 15 is 0 Å². The van der Waals surface area contributed by atoms with Gasteiger partial charge in [0.15, 0.2) is 0 Å². The maximum absolute atomic E-state index is 13.3. The van der Waals surface area contributed by atoms with Gasteiger partial charge < -0.3 is 15.4 Å². The molecule has 2 aromatic carbocycles. The summed E-state index contributed by atoms with van der Waals surface area (Å²) in [5.74, 6) is -1.05. The number of ether oxygens (including phenoxy) is 1. The van der Waals surface area contributed by atoms with Crippen LogP contribution in [0.3, 0.4) is 0 Å². The molecule has 0 saturated carbocycles. The number of halogens is 1. The third kappa shape index (κ3) is 4.37. The number of carbonyl (C=O) groups is 1. The fraction of sp³-hybridized carbons (Fsp3) is 0.333. The van der Waals surface area contributed by atoms with Crippen molar-refractivity contribution in [2.45, 2.75) is 5.92 Å². The van der Waals surface area contributed by atoms with Crippen LogP contribution in [0.1, 0.15) is 11.5 Å². The molecule has 7 heteroatoms. The van der Waals surface area contributed by atoms with Crippen LogP contribution >= 0.6 is 0 Å². The monoisotopic (exact) mass is 382 g/mol.